The zero-order chi connectivity index (χ0) is 14.5. The van der Waals surface area contributed by atoms with Crippen LogP contribution in [0.3, 0.4) is 0 Å². The molecule has 0 fully saturated rings. The summed E-state index contributed by atoms with van der Waals surface area (Å²) in [5, 5.41) is 3.05. The zero-order valence-electron chi connectivity index (χ0n) is 11.2. The minimum absolute atomic E-state index is 0.0897. The van der Waals surface area contributed by atoms with Crippen molar-refractivity contribution in [2.24, 2.45) is 0 Å². The predicted octanol–water partition coefficient (Wildman–Crippen LogP) is 3.48. The molecule has 20 heavy (non-hydrogen) atoms. The molecule has 2 aromatic carbocycles. The summed E-state index contributed by atoms with van der Waals surface area (Å²) in [4.78, 5) is 0. The molecule has 0 aliphatic rings. The fourth-order valence-electron chi connectivity index (χ4n) is 2.22. The molecule has 1 unspecified atom stereocenters. The Balaban J connectivity index is 2.11. The molecule has 4 heteroatoms. The van der Waals surface area contributed by atoms with Crippen LogP contribution in [-0.4, -0.2) is 13.1 Å². The maximum Gasteiger partial charge on any atom is 0.126 e. The lowest BCUT2D eigenvalue weighted by Crippen LogP contribution is -2.30. The summed E-state index contributed by atoms with van der Waals surface area (Å²) >= 11 is 0. The Kier molecular flexibility index (Phi) is 4.79. The Morgan fingerprint density at radius 1 is 0.950 bits per heavy atom. The van der Waals surface area contributed by atoms with Crippen molar-refractivity contribution in [3.63, 3.8) is 0 Å². The van der Waals surface area contributed by atoms with Crippen LogP contribution in [0.2, 0.25) is 0 Å². The number of benzene rings is 2. The molecule has 0 bridgehead atoms. The summed E-state index contributed by atoms with van der Waals surface area (Å²) in [7, 11) is 1.75. The number of nitrogens with one attached hydrogen (secondary N) is 1. The van der Waals surface area contributed by atoms with E-state index in [-0.39, 0.29) is 11.9 Å². The number of hydrogen-bond acceptors (Lipinski definition) is 1. The Morgan fingerprint density at radius 3 is 2.20 bits per heavy atom. The van der Waals surface area contributed by atoms with Crippen molar-refractivity contribution in [3.05, 3.63) is 71.0 Å². The van der Waals surface area contributed by atoms with Gasteiger partial charge >= 0.3 is 0 Å². The van der Waals surface area contributed by atoms with Crippen LogP contribution < -0.4 is 5.32 Å². The highest BCUT2D eigenvalue weighted by Gasteiger charge is 2.12. The lowest BCUT2D eigenvalue weighted by atomic mass is 9.98. The van der Waals surface area contributed by atoms with Gasteiger partial charge in [-0.05, 0) is 49.2 Å². The second kappa shape index (κ2) is 6.57. The first-order chi connectivity index (χ1) is 9.58. The third-order valence-electron chi connectivity index (χ3n) is 3.24. The summed E-state index contributed by atoms with van der Waals surface area (Å²) in [6.07, 6.45) is 0.890. The van der Waals surface area contributed by atoms with Crippen LogP contribution in [-0.2, 0) is 12.8 Å². The van der Waals surface area contributed by atoms with Crippen LogP contribution in [0.4, 0.5) is 13.2 Å². The van der Waals surface area contributed by atoms with E-state index in [1.165, 1.54) is 18.2 Å². The standard InChI is InChI=1S/C16H16F3N/c1-20-15(9-12-4-2-3-5-16(12)19)8-11-6-13(17)10-14(18)7-11/h2-7,10,15,20H,8-9H2,1H3. The maximum atomic E-state index is 13.6. The van der Waals surface area contributed by atoms with Crippen molar-refractivity contribution in [1.82, 2.24) is 5.32 Å². The van der Waals surface area contributed by atoms with Gasteiger partial charge in [0.1, 0.15) is 17.5 Å². The van der Waals surface area contributed by atoms with Gasteiger partial charge in [0.05, 0.1) is 0 Å². The Morgan fingerprint density at radius 2 is 1.60 bits per heavy atom. The topological polar surface area (TPSA) is 12.0 Å². The van der Waals surface area contributed by atoms with Crippen LogP contribution in [0.1, 0.15) is 11.1 Å². The summed E-state index contributed by atoms with van der Waals surface area (Å²) in [5.74, 6) is -1.46. The quantitative estimate of drug-likeness (QED) is 0.883. The molecule has 0 aliphatic heterocycles. The largest absolute Gasteiger partial charge is 0.316 e. The molecule has 2 aromatic rings. The molecule has 0 saturated heterocycles. The van der Waals surface area contributed by atoms with Gasteiger partial charge in [0.15, 0.2) is 0 Å². The average molecular weight is 279 g/mol. The molecule has 1 atom stereocenters. The van der Waals surface area contributed by atoms with Gasteiger partial charge in [-0.25, -0.2) is 13.2 Å². The van der Waals surface area contributed by atoms with E-state index < -0.39 is 11.6 Å². The Bertz CT molecular complexity index is 563. The molecule has 2 rings (SSSR count). The minimum atomic E-state index is -0.597. The van der Waals surface area contributed by atoms with E-state index in [4.69, 9.17) is 0 Å². The third kappa shape index (κ3) is 3.84. The van der Waals surface area contributed by atoms with E-state index in [2.05, 4.69) is 5.32 Å². The molecule has 0 radical (unpaired) electrons. The Hall–Kier alpha value is -1.81. The number of hydrogen-bond donors (Lipinski definition) is 1. The highest BCUT2D eigenvalue weighted by Crippen LogP contribution is 2.14. The van der Waals surface area contributed by atoms with Crippen molar-refractivity contribution in [2.45, 2.75) is 18.9 Å². The fraction of sp³-hybridized carbons (Fsp3) is 0.250. The average Bonchev–Trinajstić information content (AvgIpc) is 2.39. The molecule has 0 spiro atoms. The predicted molar refractivity (Wildman–Crippen MR) is 73.0 cm³/mol. The van der Waals surface area contributed by atoms with Crippen molar-refractivity contribution >= 4 is 0 Å². The first-order valence-electron chi connectivity index (χ1n) is 6.44. The molecule has 0 saturated carbocycles. The summed E-state index contributed by atoms with van der Waals surface area (Å²) in [5.41, 5.74) is 1.14. The van der Waals surface area contributed by atoms with Crippen molar-refractivity contribution in [1.29, 1.82) is 0 Å². The van der Waals surface area contributed by atoms with Gasteiger partial charge in [0.2, 0.25) is 0 Å². The molecule has 1 N–H and O–H groups in total. The molecule has 0 heterocycles. The molecular formula is C16H16F3N. The Labute approximate surface area is 116 Å². The first-order valence-corrected chi connectivity index (χ1v) is 6.44. The van der Waals surface area contributed by atoms with Crippen LogP contribution >= 0.6 is 0 Å². The third-order valence-corrected chi connectivity index (χ3v) is 3.24. The van der Waals surface area contributed by atoms with E-state index in [1.807, 2.05) is 0 Å². The highest BCUT2D eigenvalue weighted by atomic mass is 19.1. The van der Waals surface area contributed by atoms with Gasteiger partial charge in [-0.2, -0.15) is 0 Å². The minimum Gasteiger partial charge on any atom is -0.316 e. The SMILES string of the molecule is CNC(Cc1cc(F)cc(F)c1)Cc1ccccc1F. The molecular weight excluding hydrogens is 263 g/mol. The zero-order valence-corrected chi connectivity index (χ0v) is 11.2. The highest BCUT2D eigenvalue weighted by molar-refractivity contribution is 5.22. The summed E-state index contributed by atoms with van der Waals surface area (Å²) in [6, 6.07) is 9.88. The maximum absolute atomic E-state index is 13.6. The van der Waals surface area contributed by atoms with E-state index in [0.717, 1.165) is 6.07 Å². The molecule has 106 valence electrons. The fourth-order valence-corrected chi connectivity index (χ4v) is 2.22. The van der Waals surface area contributed by atoms with E-state index >= 15 is 0 Å². The normalized spacial score (nSPS) is 12.4. The summed E-state index contributed by atoms with van der Waals surface area (Å²) in [6.45, 7) is 0. The lowest BCUT2D eigenvalue weighted by molar-refractivity contribution is 0.526. The van der Waals surface area contributed by atoms with Gasteiger partial charge in [0.25, 0.3) is 0 Å². The molecule has 1 nitrogen and oxygen atoms in total. The first kappa shape index (κ1) is 14.6. The van der Waals surface area contributed by atoms with Gasteiger partial charge in [0, 0.05) is 12.1 Å². The van der Waals surface area contributed by atoms with Gasteiger partial charge in [-0.15, -0.1) is 0 Å². The van der Waals surface area contributed by atoms with Gasteiger partial charge < -0.3 is 5.32 Å². The van der Waals surface area contributed by atoms with Crippen LogP contribution in [0.5, 0.6) is 0 Å². The number of halogens is 3. The van der Waals surface area contributed by atoms with E-state index in [1.54, 1.807) is 25.2 Å². The van der Waals surface area contributed by atoms with Gasteiger partial charge in [-0.3, -0.25) is 0 Å². The molecule has 0 amide bonds. The van der Waals surface area contributed by atoms with Crippen molar-refractivity contribution in [2.75, 3.05) is 7.05 Å². The number of rotatable bonds is 5. The second-order valence-electron chi connectivity index (χ2n) is 4.76. The smallest absolute Gasteiger partial charge is 0.126 e. The monoisotopic (exact) mass is 279 g/mol. The van der Waals surface area contributed by atoms with Crippen molar-refractivity contribution < 1.29 is 13.2 Å². The number of likely N-dealkylation sites (N-methyl/N-ethyl adjacent to an activating group) is 1. The molecule has 0 aromatic heterocycles. The second-order valence-corrected chi connectivity index (χ2v) is 4.76. The van der Waals surface area contributed by atoms with Gasteiger partial charge in [-0.1, -0.05) is 18.2 Å². The van der Waals surface area contributed by atoms with E-state index in [9.17, 15) is 13.2 Å². The van der Waals surface area contributed by atoms with Crippen LogP contribution in [0.25, 0.3) is 0 Å². The van der Waals surface area contributed by atoms with E-state index in [0.29, 0.717) is 24.0 Å². The lowest BCUT2D eigenvalue weighted by Gasteiger charge is -2.17. The van der Waals surface area contributed by atoms with Crippen LogP contribution in [0.15, 0.2) is 42.5 Å². The molecule has 0 aliphatic carbocycles. The van der Waals surface area contributed by atoms with Crippen molar-refractivity contribution in [3.8, 4) is 0 Å². The van der Waals surface area contributed by atoms with Crippen LogP contribution in [0, 0.1) is 17.5 Å². The summed E-state index contributed by atoms with van der Waals surface area (Å²) < 4.78 is 39.9.